The van der Waals surface area contributed by atoms with Crippen molar-refractivity contribution < 1.29 is 28.6 Å². The molecule has 2 rings (SSSR count). The summed E-state index contributed by atoms with van der Waals surface area (Å²) in [4.78, 5) is 24.4. The normalized spacial score (nSPS) is 14.8. The Bertz CT molecular complexity index is 1120. The maximum absolute atomic E-state index is 12.5. The number of aryl methyl sites for hydroxylation is 1. The molecule has 0 saturated heterocycles. The van der Waals surface area contributed by atoms with E-state index in [-0.39, 0.29) is 25.1 Å². The number of hydrogen-bond donors (Lipinski definition) is 4. The third-order valence-electron chi connectivity index (χ3n) is 5.40. The number of rotatable bonds is 10. The zero-order chi connectivity index (χ0) is 23.9. The van der Waals surface area contributed by atoms with Crippen LogP contribution in [0.4, 0.5) is 0 Å². The smallest absolute Gasteiger partial charge is 0.264 e. The van der Waals surface area contributed by atoms with E-state index >= 15 is 0 Å². The molecule has 0 bridgehead atoms. The molecule has 1 aromatic heterocycles. The van der Waals surface area contributed by atoms with Crippen LogP contribution in [0.2, 0.25) is 0 Å². The maximum Gasteiger partial charge on any atom is 0.264 e. The lowest BCUT2D eigenvalue weighted by molar-refractivity contribution is -0.131. The van der Waals surface area contributed by atoms with E-state index in [0.717, 1.165) is 17.4 Å². The van der Waals surface area contributed by atoms with Crippen molar-refractivity contribution in [2.75, 3.05) is 12.9 Å². The van der Waals surface area contributed by atoms with E-state index in [1.165, 1.54) is 29.2 Å². The van der Waals surface area contributed by atoms with Gasteiger partial charge in [-0.2, -0.15) is 0 Å². The van der Waals surface area contributed by atoms with Crippen molar-refractivity contribution in [2.24, 2.45) is 0 Å². The van der Waals surface area contributed by atoms with Gasteiger partial charge in [0.25, 0.3) is 11.5 Å². The average molecular weight is 465 g/mol. The number of carbonyl (C=O) groups excluding carboxylic acids is 1. The summed E-state index contributed by atoms with van der Waals surface area (Å²) in [7, 11) is -3.85. The third kappa shape index (κ3) is 6.13. The number of carbonyl (C=O) groups is 1. The van der Waals surface area contributed by atoms with Crippen LogP contribution >= 0.6 is 0 Å². The first-order valence-electron chi connectivity index (χ1n) is 9.92. The number of nitrogens with one attached hydrogen (secondary N) is 1. The first kappa shape index (κ1) is 25.5. The zero-order valence-electron chi connectivity index (χ0n) is 17.9. The molecule has 1 aromatic carbocycles. The van der Waals surface area contributed by atoms with E-state index in [9.17, 15) is 23.1 Å². The highest BCUT2D eigenvalue weighted by molar-refractivity contribution is 7.92. The molecule has 4 N–H and O–H groups in total. The fraction of sp³-hybridized carbons (Fsp3) is 0.364. The van der Waals surface area contributed by atoms with Crippen molar-refractivity contribution in [3.63, 3.8) is 0 Å². The molecule has 2 aromatic rings. The van der Waals surface area contributed by atoms with E-state index in [2.05, 4.69) is 0 Å². The number of aliphatic hydroxyl groups is 2. The molecule has 9 nitrogen and oxygen atoms in total. The van der Waals surface area contributed by atoms with Crippen LogP contribution in [0.25, 0.3) is 17.2 Å². The minimum atomic E-state index is -3.85. The van der Waals surface area contributed by atoms with Crippen molar-refractivity contribution in [1.29, 1.82) is 0 Å². The quantitative estimate of drug-likeness (QED) is 0.303. The van der Waals surface area contributed by atoms with Gasteiger partial charge in [-0.25, -0.2) is 13.9 Å². The molecule has 0 aliphatic carbocycles. The second kappa shape index (κ2) is 10.7. The number of amides is 1. The molecule has 32 heavy (non-hydrogen) atoms. The van der Waals surface area contributed by atoms with Crippen LogP contribution < -0.4 is 11.0 Å². The molecular formula is C22H28N2O7S. The number of nitrogens with zero attached hydrogens (tertiary/aromatic N) is 1. The van der Waals surface area contributed by atoms with Gasteiger partial charge in [0, 0.05) is 25.1 Å². The lowest BCUT2D eigenvalue weighted by Gasteiger charge is -2.25. The van der Waals surface area contributed by atoms with Crippen molar-refractivity contribution in [3.05, 3.63) is 64.6 Å². The Hall–Kier alpha value is -2.79. The summed E-state index contributed by atoms with van der Waals surface area (Å²) in [5, 5.41) is 27.1. The van der Waals surface area contributed by atoms with Gasteiger partial charge in [0.05, 0.1) is 12.7 Å². The van der Waals surface area contributed by atoms with Crippen molar-refractivity contribution in [3.8, 4) is 11.1 Å². The number of benzene rings is 1. The second-order valence-corrected chi connectivity index (χ2v) is 10.2. The van der Waals surface area contributed by atoms with Gasteiger partial charge in [-0.05, 0) is 42.5 Å². The highest BCUT2D eigenvalue weighted by atomic mass is 32.2. The zero-order valence-corrected chi connectivity index (χ0v) is 18.7. The number of hydroxylamine groups is 1. The molecule has 0 spiro atoms. The fourth-order valence-electron chi connectivity index (χ4n) is 3.01. The number of sulfone groups is 1. The monoisotopic (exact) mass is 464 g/mol. The van der Waals surface area contributed by atoms with E-state index in [1.54, 1.807) is 12.1 Å². The van der Waals surface area contributed by atoms with E-state index in [4.69, 9.17) is 10.3 Å². The Kier molecular flexibility index (Phi) is 8.51. The van der Waals surface area contributed by atoms with E-state index in [0.29, 0.717) is 12.0 Å². The minimum absolute atomic E-state index is 0.0282. The minimum Gasteiger partial charge on any atom is -0.394 e. The van der Waals surface area contributed by atoms with Crippen molar-refractivity contribution in [2.45, 2.75) is 37.2 Å². The summed E-state index contributed by atoms with van der Waals surface area (Å²) in [5.41, 5.74) is 3.41. The average Bonchev–Trinajstić information content (AvgIpc) is 2.76. The molecule has 2 atom stereocenters. The van der Waals surface area contributed by atoms with Crippen LogP contribution in [-0.4, -0.2) is 58.0 Å². The summed E-state index contributed by atoms with van der Waals surface area (Å²) >= 11 is 0. The molecule has 174 valence electrons. The first-order chi connectivity index (χ1) is 15.0. The number of hydrogen-bond acceptors (Lipinski definition) is 7. The largest absolute Gasteiger partial charge is 0.394 e. The maximum atomic E-state index is 12.5. The predicted octanol–water partition coefficient (Wildman–Crippen LogP) is 0.971. The molecule has 1 heterocycles. The van der Waals surface area contributed by atoms with Crippen LogP contribution in [0.15, 0.2) is 53.5 Å². The highest BCUT2D eigenvalue weighted by Gasteiger charge is 2.43. The van der Waals surface area contributed by atoms with Crippen LogP contribution in [-0.2, 0) is 21.2 Å². The summed E-state index contributed by atoms with van der Waals surface area (Å²) in [6.45, 7) is 0.879. The summed E-state index contributed by atoms with van der Waals surface area (Å²) in [6, 6.07) is 10.5. The Morgan fingerprint density at radius 1 is 1.22 bits per heavy atom. The van der Waals surface area contributed by atoms with Gasteiger partial charge in [0.1, 0.15) is 0 Å². The van der Waals surface area contributed by atoms with Gasteiger partial charge in [-0.15, -0.1) is 0 Å². The second-order valence-electron chi connectivity index (χ2n) is 7.74. The topological polar surface area (TPSA) is 146 Å². The van der Waals surface area contributed by atoms with Crippen LogP contribution in [0, 0.1) is 0 Å². The van der Waals surface area contributed by atoms with Crippen molar-refractivity contribution >= 4 is 21.8 Å². The lowest BCUT2D eigenvalue weighted by atomic mass is 10.0. The Balaban J connectivity index is 2.15. The van der Waals surface area contributed by atoms with Gasteiger partial charge < -0.3 is 14.8 Å². The molecule has 2 unspecified atom stereocenters. The third-order valence-corrected chi connectivity index (χ3v) is 7.43. The molecule has 1 amide bonds. The van der Waals surface area contributed by atoms with Gasteiger partial charge >= 0.3 is 0 Å². The molecule has 0 fully saturated rings. The molecule has 0 aliphatic rings. The van der Waals surface area contributed by atoms with Gasteiger partial charge in [-0.3, -0.25) is 14.8 Å². The van der Waals surface area contributed by atoms with Gasteiger partial charge in [0.2, 0.25) is 0 Å². The summed E-state index contributed by atoms with van der Waals surface area (Å²) < 4.78 is 23.5. The first-order valence-corrected chi connectivity index (χ1v) is 11.8. The molecular weight excluding hydrogens is 436 g/mol. The fourth-order valence-corrected chi connectivity index (χ4v) is 3.86. The molecule has 10 heteroatoms. The standard InChI is InChI=1S/C22H28N2O7S/c1-22(21(28)23-29,32(2,30)31)11-13-24-12-10-18(14-20(24)27)17-8-6-16(7-9-17)4-3-5-19(26)15-25/h3-4,6-10,12,14,19,25-26,29H,5,11,13,15H2,1-2H3,(H,23,28)/b4-3+. The molecule has 0 radical (unpaired) electrons. The van der Waals surface area contributed by atoms with Crippen molar-refractivity contribution in [1.82, 2.24) is 10.0 Å². The molecule has 0 aliphatic heterocycles. The summed E-state index contributed by atoms with van der Waals surface area (Å²) in [5.74, 6) is -1.05. The Morgan fingerprint density at radius 2 is 1.88 bits per heavy atom. The predicted molar refractivity (Wildman–Crippen MR) is 121 cm³/mol. The molecule has 0 saturated carbocycles. The van der Waals surface area contributed by atoms with Gasteiger partial charge in [-0.1, -0.05) is 36.4 Å². The van der Waals surface area contributed by atoms with Crippen LogP contribution in [0.5, 0.6) is 0 Å². The SMILES string of the molecule is CC(CCn1ccc(-c2ccc(/C=C/CC(O)CO)cc2)cc1=O)(C(=O)NO)S(C)(=O)=O. The van der Waals surface area contributed by atoms with E-state index < -0.39 is 26.6 Å². The highest BCUT2D eigenvalue weighted by Crippen LogP contribution is 2.23. The van der Waals surface area contributed by atoms with E-state index in [1.807, 2.05) is 30.3 Å². The summed E-state index contributed by atoms with van der Waals surface area (Å²) in [6.07, 6.45) is 5.38. The van der Waals surface area contributed by atoms with Gasteiger partial charge in [0.15, 0.2) is 14.6 Å². The lowest BCUT2D eigenvalue weighted by Crippen LogP contribution is -2.49. The Morgan fingerprint density at radius 3 is 2.41 bits per heavy atom. The number of aliphatic hydroxyl groups excluding tert-OH is 2. The van der Waals surface area contributed by atoms with Crippen LogP contribution in [0.3, 0.4) is 0 Å². The Labute approximate surface area is 186 Å². The number of pyridine rings is 1. The van der Waals surface area contributed by atoms with Crippen LogP contribution in [0.1, 0.15) is 25.3 Å². The number of aromatic nitrogens is 1.